The molecule has 0 spiro atoms. The average molecular weight is 208 g/mol. The fourth-order valence-electron chi connectivity index (χ4n) is 1.80. The van der Waals surface area contributed by atoms with E-state index in [1.807, 2.05) is 5.70 Å². The fraction of sp³-hybridized carbons (Fsp3) is 0.556. The van der Waals surface area contributed by atoms with Crippen LogP contribution in [-0.2, 0) is 0 Å². The number of rotatable bonds is 3. The molecule has 0 aliphatic carbocycles. The van der Waals surface area contributed by atoms with E-state index in [0.29, 0.717) is 0 Å². The summed E-state index contributed by atoms with van der Waals surface area (Å²) in [5.41, 5.74) is 4.29. The molecule has 0 atom stereocenters. The van der Waals surface area contributed by atoms with Crippen molar-refractivity contribution in [2.45, 2.75) is 6.55 Å². The predicted molar refractivity (Wildman–Crippen MR) is 62.4 cm³/mol. The summed E-state index contributed by atoms with van der Waals surface area (Å²) in [6.07, 6.45) is 0. The van der Waals surface area contributed by atoms with E-state index >= 15 is 0 Å². The summed E-state index contributed by atoms with van der Waals surface area (Å²) in [6, 6.07) is 0. The zero-order valence-electron chi connectivity index (χ0n) is 8.51. The standard InChI is InChI=1S/C9H16N4Si/c1-3-14(2,8-10-4-5-11-8)9-12-6-7-13-9/h3H,1,4-7H2,2H3,(H,10,11)(H,12,13). The van der Waals surface area contributed by atoms with Crippen LogP contribution in [0.2, 0.25) is 6.55 Å². The molecule has 4 nitrogen and oxygen atoms in total. The lowest BCUT2D eigenvalue weighted by atomic mass is 10.7. The van der Waals surface area contributed by atoms with Crippen molar-refractivity contribution in [1.29, 1.82) is 0 Å². The van der Waals surface area contributed by atoms with E-state index in [9.17, 15) is 0 Å². The topological polar surface area (TPSA) is 48.8 Å². The minimum Gasteiger partial charge on any atom is -0.375 e. The van der Waals surface area contributed by atoms with Crippen molar-refractivity contribution in [3.05, 3.63) is 12.3 Å². The Balaban J connectivity index is 2.28. The molecule has 2 heterocycles. The van der Waals surface area contributed by atoms with E-state index in [0.717, 1.165) is 37.1 Å². The van der Waals surface area contributed by atoms with Gasteiger partial charge in [0, 0.05) is 13.1 Å². The van der Waals surface area contributed by atoms with Gasteiger partial charge in [-0.3, -0.25) is 9.98 Å². The van der Waals surface area contributed by atoms with Crippen molar-refractivity contribution in [1.82, 2.24) is 10.6 Å². The second kappa shape index (κ2) is 3.57. The Hall–Kier alpha value is -1.10. The predicted octanol–water partition coefficient (Wildman–Crippen LogP) is -0.128. The van der Waals surface area contributed by atoms with Crippen molar-refractivity contribution in [3.8, 4) is 0 Å². The number of nitrogens with one attached hydrogen (secondary N) is 2. The van der Waals surface area contributed by atoms with Crippen LogP contribution in [0, 0.1) is 0 Å². The molecule has 0 unspecified atom stereocenters. The van der Waals surface area contributed by atoms with E-state index in [1.54, 1.807) is 0 Å². The van der Waals surface area contributed by atoms with Gasteiger partial charge in [0.05, 0.1) is 24.0 Å². The zero-order chi connectivity index (χ0) is 10.0. The molecule has 0 aromatic heterocycles. The van der Waals surface area contributed by atoms with Crippen LogP contribution in [0.4, 0.5) is 0 Å². The maximum atomic E-state index is 4.50. The third kappa shape index (κ3) is 1.37. The van der Waals surface area contributed by atoms with Gasteiger partial charge >= 0.3 is 0 Å². The summed E-state index contributed by atoms with van der Waals surface area (Å²) >= 11 is 0. The van der Waals surface area contributed by atoms with Crippen molar-refractivity contribution in [2.75, 3.05) is 26.2 Å². The zero-order valence-corrected chi connectivity index (χ0v) is 9.51. The Morgan fingerprint density at radius 2 is 1.71 bits per heavy atom. The van der Waals surface area contributed by atoms with E-state index in [4.69, 9.17) is 0 Å². The molecule has 5 heteroatoms. The van der Waals surface area contributed by atoms with E-state index in [-0.39, 0.29) is 0 Å². The molecule has 76 valence electrons. The Labute approximate surface area is 85.2 Å². The molecule has 0 amide bonds. The number of hydrogen-bond donors (Lipinski definition) is 2. The van der Waals surface area contributed by atoms with Crippen LogP contribution in [0.15, 0.2) is 22.3 Å². The largest absolute Gasteiger partial charge is 0.375 e. The minimum atomic E-state index is -1.82. The first-order valence-electron chi connectivity index (χ1n) is 4.98. The molecular weight excluding hydrogens is 192 g/mol. The highest BCUT2D eigenvalue weighted by atomic mass is 28.3. The van der Waals surface area contributed by atoms with Gasteiger partial charge in [0.25, 0.3) is 0 Å². The van der Waals surface area contributed by atoms with Crippen molar-refractivity contribution in [2.24, 2.45) is 9.98 Å². The molecule has 2 aliphatic heterocycles. The van der Waals surface area contributed by atoms with E-state index in [1.165, 1.54) is 0 Å². The quantitative estimate of drug-likeness (QED) is 0.635. The second-order valence-corrected chi connectivity index (χ2v) is 7.48. The number of amidine groups is 2. The molecule has 0 bridgehead atoms. The highest BCUT2D eigenvalue weighted by molar-refractivity contribution is 7.28. The first kappa shape index (κ1) is 9.45. The van der Waals surface area contributed by atoms with Gasteiger partial charge in [0.1, 0.15) is 0 Å². The SMILES string of the molecule is C=C[Si](C)(C1=NCCN1)C1=NCCN1. The average Bonchev–Trinajstić information content (AvgIpc) is 2.88. The smallest absolute Gasteiger partial charge is 0.223 e. The minimum absolute atomic E-state index is 0.888. The summed E-state index contributed by atoms with van der Waals surface area (Å²) < 4.78 is 0. The Bertz CT molecular complexity index is 284. The van der Waals surface area contributed by atoms with Gasteiger partial charge in [-0.25, -0.2) is 0 Å². The summed E-state index contributed by atoms with van der Waals surface area (Å²) in [6.45, 7) is 9.86. The van der Waals surface area contributed by atoms with Crippen LogP contribution in [0.5, 0.6) is 0 Å². The summed E-state index contributed by atoms with van der Waals surface area (Å²) in [7, 11) is -1.82. The first-order valence-corrected chi connectivity index (χ1v) is 7.56. The lowest BCUT2D eigenvalue weighted by molar-refractivity contribution is 0.960. The third-order valence-electron chi connectivity index (χ3n) is 2.74. The molecule has 0 saturated heterocycles. The normalized spacial score (nSPS) is 20.9. The van der Waals surface area contributed by atoms with E-state index in [2.05, 4.69) is 33.7 Å². The summed E-state index contributed by atoms with van der Waals surface area (Å²) in [5, 5.41) is 6.69. The molecule has 2 N–H and O–H groups in total. The van der Waals surface area contributed by atoms with Crippen LogP contribution in [0.25, 0.3) is 0 Å². The Morgan fingerprint density at radius 1 is 1.21 bits per heavy atom. The highest BCUT2D eigenvalue weighted by Gasteiger charge is 2.39. The molecular formula is C9H16N4Si. The lowest BCUT2D eigenvalue weighted by Gasteiger charge is -2.23. The molecule has 0 aromatic carbocycles. The summed E-state index contributed by atoms with van der Waals surface area (Å²) in [5.74, 6) is 0. The van der Waals surface area contributed by atoms with Gasteiger partial charge in [0.15, 0.2) is 0 Å². The van der Waals surface area contributed by atoms with Gasteiger partial charge in [-0.05, 0) is 0 Å². The third-order valence-corrected chi connectivity index (χ3v) is 6.19. The number of nitrogens with zero attached hydrogens (tertiary/aromatic N) is 2. The number of aliphatic imine (C=N–C) groups is 2. The van der Waals surface area contributed by atoms with Crippen LogP contribution >= 0.6 is 0 Å². The second-order valence-electron chi connectivity index (χ2n) is 3.72. The molecule has 0 aromatic rings. The Kier molecular flexibility index (Phi) is 2.41. The van der Waals surface area contributed by atoms with Crippen molar-refractivity contribution < 1.29 is 0 Å². The van der Waals surface area contributed by atoms with E-state index < -0.39 is 8.07 Å². The molecule has 2 rings (SSSR count). The lowest BCUT2D eigenvalue weighted by Crippen LogP contribution is -2.56. The molecule has 0 saturated carbocycles. The number of hydrogen-bond acceptors (Lipinski definition) is 4. The monoisotopic (exact) mass is 208 g/mol. The van der Waals surface area contributed by atoms with Crippen LogP contribution < -0.4 is 10.6 Å². The van der Waals surface area contributed by atoms with Crippen molar-refractivity contribution >= 4 is 19.0 Å². The highest BCUT2D eigenvalue weighted by Crippen LogP contribution is 2.11. The fourth-order valence-corrected chi connectivity index (χ4v) is 4.27. The Morgan fingerprint density at radius 3 is 2.00 bits per heavy atom. The van der Waals surface area contributed by atoms with Gasteiger partial charge < -0.3 is 10.6 Å². The summed E-state index contributed by atoms with van der Waals surface area (Å²) in [4.78, 5) is 9.00. The maximum Gasteiger partial charge on any atom is 0.223 e. The molecule has 2 aliphatic rings. The van der Waals surface area contributed by atoms with Gasteiger partial charge in [-0.1, -0.05) is 12.2 Å². The van der Waals surface area contributed by atoms with Crippen molar-refractivity contribution in [3.63, 3.8) is 0 Å². The molecule has 0 radical (unpaired) electrons. The molecule has 0 fully saturated rings. The van der Waals surface area contributed by atoms with Crippen LogP contribution in [-0.4, -0.2) is 45.2 Å². The molecule has 14 heavy (non-hydrogen) atoms. The maximum absolute atomic E-state index is 4.50. The van der Waals surface area contributed by atoms with Crippen LogP contribution in [0.3, 0.4) is 0 Å². The van der Waals surface area contributed by atoms with Gasteiger partial charge in [-0.2, -0.15) is 0 Å². The van der Waals surface area contributed by atoms with Gasteiger partial charge in [0.2, 0.25) is 8.07 Å². The van der Waals surface area contributed by atoms with Crippen LogP contribution in [0.1, 0.15) is 0 Å². The van der Waals surface area contributed by atoms with Gasteiger partial charge in [-0.15, -0.1) is 6.58 Å². The first-order chi connectivity index (χ1) is 6.77.